The molecule has 0 aromatic heterocycles. The van der Waals surface area contributed by atoms with E-state index in [1.807, 2.05) is 86.6 Å². The monoisotopic (exact) mass is 598 g/mol. The van der Waals surface area contributed by atoms with Gasteiger partial charge in [0, 0.05) is 6.61 Å². The van der Waals surface area contributed by atoms with Crippen LogP contribution in [0.3, 0.4) is 0 Å². The maximum Gasteiger partial charge on any atom is 0.192 e. The molecule has 0 bridgehead atoms. The third kappa shape index (κ3) is 8.01. The number of methoxy groups -OCH3 is 2. The van der Waals surface area contributed by atoms with Gasteiger partial charge in [0.25, 0.3) is 0 Å². The molecule has 0 saturated heterocycles. The zero-order valence-electron chi connectivity index (χ0n) is 26.0. The van der Waals surface area contributed by atoms with E-state index in [0.717, 1.165) is 28.2 Å². The zero-order chi connectivity index (χ0) is 30.5. The minimum absolute atomic E-state index is 0.0195. The molecule has 3 rings (SSSR count). The number of rotatable bonds is 13. The summed E-state index contributed by atoms with van der Waals surface area (Å²) in [6.45, 7) is 14.9. The van der Waals surface area contributed by atoms with Gasteiger partial charge in [-0.05, 0) is 78.5 Å². The van der Waals surface area contributed by atoms with Crippen molar-refractivity contribution in [2.75, 3.05) is 26.6 Å². The molecular weight excluding hydrogens is 553 g/mol. The lowest BCUT2D eigenvalue weighted by Crippen LogP contribution is -2.41. The van der Waals surface area contributed by atoms with E-state index in [1.54, 1.807) is 14.2 Å². The van der Waals surface area contributed by atoms with Crippen LogP contribution < -0.4 is 9.47 Å². The van der Waals surface area contributed by atoms with Crippen molar-refractivity contribution in [3.05, 3.63) is 95.1 Å². The molecule has 6 nitrogen and oxygen atoms in total. The van der Waals surface area contributed by atoms with Crippen molar-refractivity contribution < 1.29 is 27.1 Å². The van der Waals surface area contributed by atoms with Gasteiger partial charge in [-0.15, -0.1) is 0 Å². The Bertz CT molecular complexity index is 1330. The quantitative estimate of drug-likeness (QED) is 0.151. The highest BCUT2D eigenvalue weighted by Crippen LogP contribution is 2.43. The summed E-state index contributed by atoms with van der Waals surface area (Å²) in [5, 5.41) is 0.0216. The average molecular weight is 599 g/mol. The number of hydrogen-bond donors (Lipinski definition) is 0. The summed E-state index contributed by atoms with van der Waals surface area (Å²) in [4.78, 5) is 0. The van der Waals surface area contributed by atoms with Crippen molar-refractivity contribution in [2.24, 2.45) is 0 Å². The van der Waals surface area contributed by atoms with Gasteiger partial charge >= 0.3 is 0 Å². The molecular formula is C33H46O6SSi. The number of benzene rings is 3. The van der Waals surface area contributed by atoms with E-state index in [4.69, 9.17) is 18.6 Å². The normalized spacial score (nSPS) is 12.9. The van der Waals surface area contributed by atoms with E-state index < -0.39 is 23.8 Å². The van der Waals surface area contributed by atoms with Gasteiger partial charge in [-0.1, -0.05) is 69.3 Å². The van der Waals surface area contributed by atoms with Crippen LogP contribution in [0.5, 0.6) is 11.5 Å². The van der Waals surface area contributed by atoms with Crippen LogP contribution in [0.15, 0.2) is 72.8 Å². The fraction of sp³-hybridized carbons (Fsp3) is 0.455. The molecule has 224 valence electrons. The highest BCUT2D eigenvalue weighted by Gasteiger charge is 2.39. The first-order valence-electron chi connectivity index (χ1n) is 14.0. The topological polar surface area (TPSA) is 71.1 Å². The third-order valence-corrected chi connectivity index (χ3v) is 13.9. The van der Waals surface area contributed by atoms with Gasteiger partial charge in [0.2, 0.25) is 0 Å². The number of hydrogen-bond acceptors (Lipinski definition) is 6. The van der Waals surface area contributed by atoms with Crippen LogP contribution in [0, 0.1) is 0 Å². The molecule has 0 aliphatic rings. The van der Waals surface area contributed by atoms with Crippen LogP contribution in [0.4, 0.5) is 0 Å². The lowest BCUT2D eigenvalue weighted by molar-refractivity contribution is -0.0294. The summed E-state index contributed by atoms with van der Waals surface area (Å²) in [6, 6.07) is 23.3. The molecule has 3 aromatic carbocycles. The van der Waals surface area contributed by atoms with E-state index in [0.29, 0.717) is 5.56 Å². The molecule has 8 heteroatoms. The van der Waals surface area contributed by atoms with Crippen LogP contribution in [-0.4, -0.2) is 49.4 Å². The Morgan fingerprint density at radius 1 is 0.780 bits per heavy atom. The van der Waals surface area contributed by atoms with Crippen LogP contribution >= 0.6 is 0 Å². The van der Waals surface area contributed by atoms with Gasteiger partial charge in [-0.3, -0.25) is 0 Å². The fourth-order valence-corrected chi connectivity index (χ4v) is 6.92. The second-order valence-corrected chi connectivity index (χ2v) is 19.2. The van der Waals surface area contributed by atoms with Crippen LogP contribution in [0.25, 0.3) is 0 Å². The Kier molecular flexibility index (Phi) is 10.5. The van der Waals surface area contributed by atoms with Gasteiger partial charge in [-0.2, -0.15) is 0 Å². The lowest BCUT2D eigenvalue weighted by atomic mass is 9.79. The first-order chi connectivity index (χ1) is 19.1. The second-order valence-electron chi connectivity index (χ2n) is 12.2. The molecule has 0 atom stereocenters. The molecule has 41 heavy (non-hydrogen) atoms. The summed E-state index contributed by atoms with van der Waals surface area (Å²) in [6.07, 6.45) is -0.140. The van der Waals surface area contributed by atoms with Crippen molar-refractivity contribution in [1.82, 2.24) is 0 Å². The minimum Gasteiger partial charge on any atom is -0.497 e. The molecule has 0 N–H and O–H groups in total. The van der Waals surface area contributed by atoms with Crippen molar-refractivity contribution in [1.29, 1.82) is 0 Å². The predicted octanol–water partition coefficient (Wildman–Crippen LogP) is 7.36. The summed E-state index contributed by atoms with van der Waals surface area (Å²) < 4.78 is 50.3. The lowest BCUT2D eigenvalue weighted by Gasteiger charge is -2.38. The molecule has 0 amide bonds. The standard InChI is InChI=1S/C33H46O6SSi/c1-25(2)39-33(27-13-17-30(36-6)18-14-27,28-15-19-31(37-7)20-16-28)29-12-10-11-26(23-29)24-40(34,35)22-21-38-41(8,9)32(3,4)5/h10-20,23,25H,21-22,24H2,1-9H3. The van der Waals surface area contributed by atoms with E-state index in [1.165, 1.54) is 0 Å². The van der Waals surface area contributed by atoms with Crippen molar-refractivity contribution in [3.63, 3.8) is 0 Å². The van der Waals surface area contributed by atoms with Crippen LogP contribution in [-0.2, 0) is 30.4 Å². The van der Waals surface area contributed by atoms with Crippen molar-refractivity contribution >= 4 is 18.2 Å². The summed E-state index contributed by atoms with van der Waals surface area (Å²) in [5.41, 5.74) is 2.35. The van der Waals surface area contributed by atoms with Crippen molar-refractivity contribution in [3.8, 4) is 11.5 Å². The summed E-state index contributed by atoms with van der Waals surface area (Å²) in [7, 11) is -2.17. The van der Waals surface area contributed by atoms with Gasteiger partial charge in [0.15, 0.2) is 18.2 Å². The van der Waals surface area contributed by atoms with Gasteiger partial charge in [0.1, 0.15) is 17.1 Å². The Labute approximate surface area is 248 Å². The molecule has 0 fully saturated rings. The molecule has 3 aromatic rings. The van der Waals surface area contributed by atoms with Gasteiger partial charge < -0.3 is 18.6 Å². The van der Waals surface area contributed by atoms with Gasteiger partial charge in [-0.25, -0.2) is 8.42 Å². The Balaban J connectivity index is 2.04. The molecule has 0 aliphatic carbocycles. The largest absolute Gasteiger partial charge is 0.497 e. The molecule has 0 unspecified atom stereocenters. The van der Waals surface area contributed by atoms with Gasteiger partial charge in [0.05, 0.1) is 31.8 Å². The van der Waals surface area contributed by atoms with E-state index in [9.17, 15) is 8.42 Å². The highest BCUT2D eigenvalue weighted by atomic mass is 32.2. The van der Waals surface area contributed by atoms with E-state index >= 15 is 0 Å². The van der Waals surface area contributed by atoms with Crippen LogP contribution in [0.2, 0.25) is 18.1 Å². The first-order valence-corrected chi connectivity index (χ1v) is 18.8. The maximum atomic E-state index is 13.2. The zero-order valence-corrected chi connectivity index (χ0v) is 27.8. The SMILES string of the molecule is COc1ccc(C(OC(C)C)(c2ccc(OC)cc2)c2cccc(CS(=O)(=O)CCO[Si](C)(C)C(C)(C)C)c2)cc1. The first kappa shape index (κ1) is 32.9. The summed E-state index contributed by atoms with van der Waals surface area (Å²) >= 11 is 0. The third-order valence-electron chi connectivity index (χ3n) is 7.79. The number of sulfone groups is 1. The summed E-state index contributed by atoms with van der Waals surface area (Å²) in [5.74, 6) is 1.38. The molecule has 0 spiro atoms. The maximum absolute atomic E-state index is 13.2. The highest BCUT2D eigenvalue weighted by molar-refractivity contribution is 7.90. The van der Waals surface area contributed by atoms with Crippen LogP contribution in [0.1, 0.15) is 56.9 Å². The smallest absolute Gasteiger partial charge is 0.192 e. The molecule has 0 aliphatic heterocycles. The Morgan fingerprint density at radius 2 is 1.29 bits per heavy atom. The fourth-order valence-electron chi connectivity index (χ4n) is 4.56. The molecule has 0 saturated carbocycles. The predicted molar refractivity (Wildman–Crippen MR) is 169 cm³/mol. The Morgan fingerprint density at radius 3 is 1.73 bits per heavy atom. The van der Waals surface area contributed by atoms with E-state index in [2.05, 4.69) is 33.9 Å². The number of ether oxygens (including phenoxy) is 3. The second kappa shape index (κ2) is 13.1. The van der Waals surface area contributed by atoms with Crippen molar-refractivity contribution in [2.45, 2.75) is 70.2 Å². The van der Waals surface area contributed by atoms with E-state index in [-0.39, 0.29) is 29.3 Å². The minimum atomic E-state index is -3.41. The average Bonchev–Trinajstić information content (AvgIpc) is 2.91. The Hall–Kier alpha value is -2.65. The molecule has 0 radical (unpaired) electrons. The molecule has 0 heterocycles.